The first-order chi connectivity index (χ1) is 9.58. The van der Waals surface area contributed by atoms with Gasteiger partial charge in [0.1, 0.15) is 5.75 Å². The van der Waals surface area contributed by atoms with Crippen molar-refractivity contribution in [2.45, 2.75) is 39.7 Å². The molecular weight excluding hydrogens is 248 g/mol. The number of aromatic hydroxyl groups is 1. The van der Waals surface area contributed by atoms with Crippen molar-refractivity contribution >= 4 is 0 Å². The highest BCUT2D eigenvalue weighted by molar-refractivity contribution is 5.38. The van der Waals surface area contributed by atoms with Crippen LogP contribution in [0.2, 0.25) is 0 Å². The first-order valence-corrected chi connectivity index (χ1v) is 7.82. The van der Waals surface area contributed by atoms with Gasteiger partial charge >= 0.3 is 0 Å². The summed E-state index contributed by atoms with van der Waals surface area (Å²) in [7, 11) is 0. The van der Waals surface area contributed by atoms with Crippen molar-refractivity contribution in [1.82, 2.24) is 10.2 Å². The molecule has 1 aliphatic rings. The molecule has 1 aromatic carbocycles. The van der Waals surface area contributed by atoms with Gasteiger partial charge in [0.05, 0.1) is 0 Å². The van der Waals surface area contributed by atoms with Gasteiger partial charge in [0.25, 0.3) is 0 Å². The van der Waals surface area contributed by atoms with Gasteiger partial charge in [-0.25, -0.2) is 0 Å². The van der Waals surface area contributed by atoms with Crippen molar-refractivity contribution in [2.75, 3.05) is 26.2 Å². The quantitative estimate of drug-likeness (QED) is 0.867. The summed E-state index contributed by atoms with van der Waals surface area (Å²) in [5.41, 5.74) is 2.22. The first kappa shape index (κ1) is 15.3. The fourth-order valence-corrected chi connectivity index (χ4v) is 2.96. The van der Waals surface area contributed by atoms with E-state index in [1.165, 1.54) is 6.42 Å². The van der Waals surface area contributed by atoms with Crippen LogP contribution >= 0.6 is 0 Å². The number of phenolic OH excluding ortho intramolecular Hbond substituents is 1. The van der Waals surface area contributed by atoms with E-state index in [9.17, 15) is 5.11 Å². The van der Waals surface area contributed by atoms with Crippen molar-refractivity contribution in [3.63, 3.8) is 0 Å². The SMILES string of the molecule is Cc1ccc([C@H](CCC(C)C)N2CCNCC2)c(O)c1. The van der Waals surface area contributed by atoms with Gasteiger partial charge in [-0.3, -0.25) is 4.90 Å². The van der Waals surface area contributed by atoms with Crippen molar-refractivity contribution in [3.05, 3.63) is 29.3 Å². The Morgan fingerprint density at radius 2 is 1.90 bits per heavy atom. The average molecular weight is 276 g/mol. The maximum atomic E-state index is 10.3. The van der Waals surface area contributed by atoms with Crippen LogP contribution in [0.25, 0.3) is 0 Å². The second-order valence-electron chi connectivity index (χ2n) is 6.34. The fraction of sp³-hybridized carbons (Fsp3) is 0.647. The lowest BCUT2D eigenvalue weighted by Crippen LogP contribution is -2.45. The molecule has 112 valence electrons. The summed E-state index contributed by atoms with van der Waals surface area (Å²) >= 11 is 0. The molecule has 1 atom stereocenters. The summed E-state index contributed by atoms with van der Waals surface area (Å²) in [6.07, 6.45) is 2.32. The van der Waals surface area contributed by atoms with Gasteiger partial charge in [0, 0.05) is 37.8 Å². The van der Waals surface area contributed by atoms with E-state index >= 15 is 0 Å². The molecule has 1 aromatic rings. The molecule has 20 heavy (non-hydrogen) atoms. The summed E-state index contributed by atoms with van der Waals surface area (Å²) in [4.78, 5) is 2.52. The summed E-state index contributed by atoms with van der Waals surface area (Å²) in [6, 6.07) is 6.46. The zero-order chi connectivity index (χ0) is 14.5. The van der Waals surface area contributed by atoms with Crippen LogP contribution in [-0.4, -0.2) is 36.2 Å². The molecule has 1 fully saturated rings. The third-order valence-corrected chi connectivity index (χ3v) is 4.15. The topological polar surface area (TPSA) is 35.5 Å². The van der Waals surface area contributed by atoms with Crippen LogP contribution in [0.4, 0.5) is 0 Å². The molecule has 0 bridgehead atoms. The molecule has 0 aliphatic carbocycles. The van der Waals surface area contributed by atoms with E-state index in [2.05, 4.69) is 36.2 Å². The minimum absolute atomic E-state index is 0.347. The van der Waals surface area contributed by atoms with Gasteiger partial charge in [-0.05, 0) is 37.3 Å². The van der Waals surface area contributed by atoms with Gasteiger partial charge in [0.15, 0.2) is 0 Å². The predicted molar refractivity (Wildman–Crippen MR) is 84.1 cm³/mol. The molecule has 1 heterocycles. The Balaban J connectivity index is 2.19. The third kappa shape index (κ3) is 3.97. The van der Waals surface area contributed by atoms with E-state index in [-0.39, 0.29) is 0 Å². The third-order valence-electron chi connectivity index (χ3n) is 4.15. The molecule has 0 spiro atoms. The van der Waals surface area contributed by atoms with Crippen molar-refractivity contribution in [2.24, 2.45) is 5.92 Å². The standard InChI is InChI=1S/C17H28N2O/c1-13(2)4-7-16(19-10-8-18-9-11-19)15-6-5-14(3)12-17(15)20/h5-6,12-13,16,18,20H,4,7-11H2,1-3H3/t16-/m0/s1. The van der Waals surface area contributed by atoms with Crippen LogP contribution in [-0.2, 0) is 0 Å². The molecule has 0 aromatic heterocycles. The van der Waals surface area contributed by atoms with E-state index in [4.69, 9.17) is 0 Å². The highest BCUT2D eigenvalue weighted by atomic mass is 16.3. The average Bonchev–Trinajstić information content (AvgIpc) is 2.42. The van der Waals surface area contributed by atoms with Gasteiger partial charge in [0.2, 0.25) is 0 Å². The molecule has 1 aliphatic heterocycles. The Labute approximate surface area is 123 Å². The Bertz CT molecular complexity index is 425. The minimum Gasteiger partial charge on any atom is -0.508 e. The number of nitrogens with zero attached hydrogens (tertiary/aromatic N) is 1. The zero-order valence-corrected chi connectivity index (χ0v) is 13.0. The number of rotatable bonds is 5. The molecule has 0 unspecified atom stereocenters. The van der Waals surface area contributed by atoms with E-state index in [0.717, 1.165) is 43.7 Å². The van der Waals surface area contributed by atoms with Crippen molar-refractivity contribution in [1.29, 1.82) is 0 Å². The number of phenols is 1. The highest BCUT2D eigenvalue weighted by Crippen LogP contribution is 2.33. The number of nitrogens with one attached hydrogen (secondary N) is 1. The Kier molecular flexibility index (Phi) is 5.44. The molecule has 1 saturated heterocycles. The lowest BCUT2D eigenvalue weighted by Gasteiger charge is -2.36. The summed E-state index contributed by atoms with van der Waals surface area (Å²) in [6.45, 7) is 10.8. The maximum Gasteiger partial charge on any atom is 0.120 e. The lowest BCUT2D eigenvalue weighted by atomic mass is 9.94. The Hall–Kier alpha value is -1.06. The number of hydrogen-bond donors (Lipinski definition) is 2. The van der Waals surface area contributed by atoms with E-state index in [0.29, 0.717) is 17.7 Å². The summed E-state index contributed by atoms with van der Waals surface area (Å²) < 4.78 is 0. The Morgan fingerprint density at radius 3 is 2.50 bits per heavy atom. The summed E-state index contributed by atoms with van der Waals surface area (Å²) in [5.74, 6) is 1.16. The Morgan fingerprint density at radius 1 is 1.20 bits per heavy atom. The van der Waals surface area contributed by atoms with Crippen LogP contribution in [0.15, 0.2) is 18.2 Å². The fourth-order valence-electron chi connectivity index (χ4n) is 2.96. The van der Waals surface area contributed by atoms with E-state index < -0.39 is 0 Å². The van der Waals surface area contributed by atoms with E-state index in [1.54, 1.807) is 0 Å². The minimum atomic E-state index is 0.347. The zero-order valence-electron chi connectivity index (χ0n) is 13.0. The molecular formula is C17H28N2O. The lowest BCUT2D eigenvalue weighted by molar-refractivity contribution is 0.157. The normalized spacial score (nSPS) is 18.4. The molecule has 3 heteroatoms. The van der Waals surface area contributed by atoms with Crippen LogP contribution < -0.4 is 5.32 Å². The van der Waals surface area contributed by atoms with Gasteiger partial charge in [-0.1, -0.05) is 26.0 Å². The number of aryl methyl sites for hydroxylation is 1. The monoisotopic (exact) mass is 276 g/mol. The molecule has 0 amide bonds. The predicted octanol–water partition coefficient (Wildman–Crippen LogP) is 3.08. The van der Waals surface area contributed by atoms with Crippen LogP contribution in [0, 0.1) is 12.8 Å². The van der Waals surface area contributed by atoms with Gasteiger partial charge < -0.3 is 10.4 Å². The summed E-state index contributed by atoms with van der Waals surface area (Å²) in [5, 5.41) is 13.7. The molecule has 0 saturated carbocycles. The molecule has 2 rings (SSSR count). The van der Waals surface area contributed by atoms with Crippen molar-refractivity contribution in [3.8, 4) is 5.75 Å². The number of hydrogen-bond acceptors (Lipinski definition) is 3. The van der Waals surface area contributed by atoms with E-state index in [1.807, 2.05) is 13.0 Å². The van der Waals surface area contributed by atoms with Gasteiger partial charge in [-0.2, -0.15) is 0 Å². The molecule has 2 N–H and O–H groups in total. The van der Waals surface area contributed by atoms with Gasteiger partial charge in [-0.15, -0.1) is 0 Å². The molecule has 3 nitrogen and oxygen atoms in total. The highest BCUT2D eigenvalue weighted by Gasteiger charge is 2.24. The molecule has 0 radical (unpaired) electrons. The largest absolute Gasteiger partial charge is 0.508 e. The number of piperazine rings is 1. The van der Waals surface area contributed by atoms with Crippen LogP contribution in [0.3, 0.4) is 0 Å². The van der Waals surface area contributed by atoms with Crippen molar-refractivity contribution < 1.29 is 5.11 Å². The maximum absolute atomic E-state index is 10.3. The number of benzene rings is 1. The smallest absolute Gasteiger partial charge is 0.120 e. The first-order valence-electron chi connectivity index (χ1n) is 7.82. The second kappa shape index (κ2) is 7.09. The second-order valence-corrected chi connectivity index (χ2v) is 6.34. The van der Waals surface area contributed by atoms with Crippen LogP contribution in [0.5, 0.6) is 5.75 Å². The van der Waals surface area contributed by atoms with Crippen LogP contribution in [0.1, 0.15) is 43.9 Å².